The van der Waals surface area contributed by atoms with Crippen LogP contribution in [0.25, 0.3) is 0 Å². The van der Waals surface area contributed by atoms with Crippen molar-refractivity contribution in [2.75, 3.05) is 37.7 Å². The van der Waals surface area contributed by atoms with E-state index in [1.807, 2.05) is 19.1 Å². The van der Waals surface area contributed by atoms with E-state index >= 15 is 0 Å². The monoisotopic (exact) mass is 387 g/mol. The zero-order chi connectivity index (χ0) is 20.1. The highest BCUT2D eigenvalue weighted by atomic mass is 16.5. The van der Waals surface area contributed by atoms with Gasteiger partial charge in [-0.3, -0.25) is 9.69 Å². The first-order chi connectivity index (χ1) is 13.5. The topological polar surface area (TPSA) is 44.8 Å². The van der Waals surface area contributed by atoms with Crippen molar-refractivity contribution in [3.63, 3.8) is 0 Å². The van der Waals surface area contributed by atoms with Crippen molar-refractivity contribution in [1.29, 1.82) is 0 Å². The lowest BCUT2D eigenvalue weighted by Crippen LogP contribution is -2.56. The van der Waals surface area contributed by atoms with Gasteiger partial charge in [-0.05, 0) is 44.2 Å². The van der Waals surface area contributed by atoms with Crippen LogP contribution >= 0.6 is 0 Å². The van der Waals surface area contributed by atoms with Crippen molar-refractivity contribution in [2.45, 2.75) is 59.0 Å². The normalized spacial score (nSPS) is 27.3. The number of hydrogen-bond acceptors (Lipinski definition) is 4. The van der Waals surface area contributed by atoms with Gasteiger partial charge in [0.25, 0.3) is 0 Å². The van der Waals surface area contributed by atoms with Gasteiger partial charge in [-0.2, -0.15) is 0 Å². The Morgan fingerprint density at radius 3 is 2.61 bits per heavy atom. The first-order valence-electron chi connectivity index (χ1n) is 11.0. The van der Waals surface area contributed by atoms with Gasteiger partial charge in [0, 0.05) is 32.2 Å². The van der Waals surface area contributed by atoms with Crippen molar-refractivity contribution in [3.05, 3.63) is 24.3 Å². The number of rotatable bonds is 6. The van der Waals surface area contributed by atoms with Gasteiger partial charge in [-0.1, -0.05) is 38.8 Å². The number of piperazine rings is 1. The summed E-state index contributed by atoms with van der Waals surface area (Å²) in [6.45, 7) is 13.0. The van der Waals surface area contributed by atoms with Crippen molar-refractivity contribution < 1.29 is 9.53 Å². The van der Waals surface area contributed by atoms with Gasteiger partial charge in [0.2, 0.25) is 5.91 Å². The molecule has 28 heavy (non-hydrogen) atoms. The lowest BCUT2D eigenvalue weighted by Gasteiger charge is -2.40. The number of amides is 1. The van der Waals surface area contributed by atoms with Crippen LogP contribution in [0.5, 0.6) is 5.75 Å². The quantitative estimate of drug-likeness (QED) is 0.811. The molecule has 5 heteroatoms. The summed E-state index contributed by atoms with van der Waals surface area (Å²) < 4.78 is 5.79. The number of carbonyl (C=O) groups is 1. The first-order valence-corrected chi connectivity index (χ1v) is 11.0. The van der Waals surface area contributed by atoms with Gasteiger partial charge in [-0.25, -0.2) is 0 Å². The Balaban J connectivity index is 1.53. The molecule has 1 amide bonds. The van der Waals surface area contributed by atoms with Crippen LogP contribution in [0.1, 0.15) is 47.0 Å². The van der Waals surface area contributed by atoms with E-state index in [1.165, 1.54) is 12.8 Å². The highest BCUT2D eigenvalue weighted by molar-refractivity contribution is 5.81. The Morgan fingerprint density at radius 2 is 1.89 bits per heavy atom. The molecule has 1 aromatic carbocycles. The van der Waals surface area contributed by atoms with Crippen LogP contribution in [0.2, 0.25) is 0 Å². The van der Waals surface area contributed by atoms with Crippen molar-refractivity contribution in [1.82, 2.24) is 10.2 Å². The lowest BCUT2D eigenvalue weighted by molar-refractivity contribution is -0.127. The molecule has 0 spiro atoms. The Bertz CT molecular complexity index is 642. The number of carbonyl (C=O) groups excluding carboxylic acids is 1. The fourth-order valence-electron chi connectivity index (χ4n) is 4.60. The second-order valence-electron chi connectivity index (χ2n) is 8.48. The minimum absolute atomic E-state index is 0.0753. The summed E-state index contributed by atoms with van der Waals surface area (Å²) in [4.78, 5) is 17.6. The van der Waals surface area contributed by atoms with E-state index in [1.54, 1.807) is 0 Å². The molecule has 1 aliphatic heterocycles. The molecular formula is C23H37N3O2. The average molecular weight is 388 g/mol. The Morgan fingerprint density at radius 1 is 1.18 bits per heavy atom. The number of nitrogens with zero attached hydrogens (tertiary/aromatic N) is 2. The molecule has 1 heterocycles. The molecule has 0 radical (unpaired) electrons. The number of hydrogen-bond donors (Lipinski definition) is 1. The molecule has 2 aliphatic rings. The van der Waals surface area contributed by atoms with E-state index in [-0.39, 0.29) is 11.9 Å². The second-order valence-corrected chi connectivity index (χ2v) is 8.48. The predicted octanol–water partition coefficient (Wildman–Crippen LogP) is 3.54. The standard InChI is InChI=1S/C23H37N3O2/c1-5-28-22-12-7-6-11-21(22)26-15-13-25(14-16-26)19(4)23(27)24-20-10-8-9-17(2)18(20)3/h6-7,11-12,17-20H,5,8-10,13-16H2,1-4H3,(H,24,27)/t17-,18-,19-,20-/m0/s1. The molecule has 2 fully saturated rings. The fraction of sp³-hybridized carbons (Fsp3) is 0.696. The maximum atomic E-state index is 12.9. The highest BCUT2D eigenvalue weighted by Crippen LogP contribution is 2.30. The molecule has 1 aromatic rings. The molecule has 156 valence electrons. The summed E-state index contributed by atoms with van der Waals surface area (Å²) in [5.41, 5.74) is 1.16. The van der Waals surface area contributed by atoms with Gasteiger partial charge in [-0.15, -0.1) is 0 Å². The molecule has 1 aliphatic carbocycles. The van der Waals surface area contributed by atoms with Crippen molar-refractivity contribution in [2.24, 2.45) is 11.8 Å². The first kappa shape index (κ1) is 21.0. The van der Waals surface area contributed by atoms with Gasteiger partial charge in [0.05, 0.1) is 18.3 Å². The lowest BCUT2D eigenvalue weighted by atomic mass is 9.78. The van der Waals surface area contributed by atoms with Crippen LogP contribution < -0.4 is 15.0 Å². The number of benzene rings is 1. The molecule has 1 saturated carbocycles. The molecule has 0 aromatic heterocycles. The summed E-state index contributed by atoms with van der Waals surface area (Å²) in [5, 5.41) is 3.35. The van der Waals surface area contributed by atoms with Gasteiger partial charge in [0.15, 0.2) is 0 Å². The zero-order valence-electron chi connectivity index (χ0n) is 18.0. The van der Waals surface area contributed by atoms with E-state index in [0.717, 1.165) is 44.0 Å². The third-order valence-electron chi connectivity index (χ3n) is 6.78. The van der Waals surface area contributed by atoms with Crippen LogP contribution in [0, 0.1) is 11.8 Å². The van der Waals surface area contributed by atoms with Crippen LogP contribution in [0.15, 0.2) is 24.3 Å². The minimum atomic E-state index is -0.0753. The third-order valence-corrected chi connectivity index (χ3v) is 6.78. The van der Waals surface area contributed by atoms with E-state index < -0.39 is 0 Å². The molecule has 4 atom stereocenters. The molecule has 0 bridgehead atoms. The van der Waals surface area contributed by atoms with E-state index in [9.17, 15) is 4.79 Å². The minimum Gasteiger partial charge on any atom is -0.492 e. The maximum Gasteiger partial charge on any atom is 0.237 e. The van der Waals surface area contributed by atoms with E-state index in [4.69, 9.17) is 4.74 Å². The SMILES string of the molecule is CCOc1ccccc1N1CCN([C@@H](C)C(=O)N[C@H]2CCC[C@H](C)[C@@H]2C)CC1. The van der Waals surface area contributed by atoms with Crippen LogP contribution in [-0.2, 0) is 4.79 Å². The largest absolute Gasteiger partial charge is 0.492 e. The average Bonchev–Trinajstić information content (AvgIpc) is 2.71. The van der Waals surface area contributed by atoms with E-state index in [2.05, 4.69) is 48.0 Å². The summed E-state index contributed by atoms with van der Waals surface area (Å²) in [6, 6.07) is 8.50. The van der Waals surface area contributed by atoms with Crippen LogP contribution in [0.4, 0.5) is 5.69 Å². The van der Waals surface area contributed by atoms with Gasteiger partial charge in [0.1, 0.15) is 5.75 Å². The molecule has 3 rings (SSSR count). The van der Waals surface area contributed by atoms with Crippen LogP contribution in [0.3, 0.4) is 0 Å². The Kier molecular flexibility index (Phi) is 7.22. The number of anilines is 1. The summed E-state index contributed by atoms with van der Waals surface area (Å²) in [5.74, 6) is 2.40. The molecule has 0 unspecified atom stereocenters. The fourth-order valence-corrected chi connectivity index (χ4v) is 4.60. The molecule has 5 nitrogen and oxygen atoms in total. The second kappa shape index (κ2) is 9.64. The maximum absolute atomic E-state index is 12.9. The number of ether oxygens (including phenoxy) is 1. The Hall–Kier alpha value is -1.75. The third kappa shape index (κ3) is 4.80. The Labute approximate surface area is 170 Å². The van der Waals surface area contributed by atoms with Crippen molar-refractivity contribution >= 4 is 11.6 Å². The number of para-hydroxylation sites is 2. The summed E-state index contributed by atoms with van der Waals surface area (Å²) in [6.07, 6.45) is 3.63. The summed E-state index contributed by atoms with van der Waals surface area (Å²) >= 11 is 0. The zero-order valence-corrected chi connectivity index (χ0v) is 18.0. The number of nitrogens with one attached hydrogen (secondary N) is 1. The van der Waals surface area contributed by atoms with E-state index in [0.29, 0.717) is 24.5 Å². The van der Waals surface area contributed by atoms with Gasteiger partial charge < -0.3 is 15.0 Å². The molecule has 1 N–H and O–H groups in total. The summed E-state index contributed by atoms with van der Waals surface area (Å²) in [7, 11) is 0. The van der Waals surface area contributed by atoms with Crippen LogP contribution in [-0.4, -0.2) is 55.7 Å². The van der Waals surface area contributed by atoms with Crippen molar-refractivity contribution in [3.8, 4) is 5.75 Å². The van der Waals surface area contributed by atoms with Gasteiger partial charge >= 0.3 is 0 Å². The molecular weight excluding hydrogens is 350 g/mol. The smallest absolute Gasteiger partial charge is 0.237 e. The predicted molar refractivity (Wildman–Crippen MR) is 115 cm³/mol. The molecule has 1 saturated heterocycles. The highest BCUT2D eigenvalue weighted by Gasteiger charge is 2.31.